The molecule has 2 rings (SSSR count). The average Bonchev–Trinajstić information content (AvgIpc) is 2.37. The lowest BCUT2D eigenvalue weighted by Crippen LogP contribution is -2.63. The summed E-state index contributed by atoms with van der Waals surface area (Å²) in [7, 11) is 1.94. The maximum absolute atomic E-state index is 13.9. The third-order valence-corrected chi connectivity index (χ3v) is 5.26. The highest BCUT2D eigenvalue weighted by atomic mass is 79.9. The second-order valence-corrected chi connectivity index (χ2v) is 6.18. The van der Waals surface area contributed by atoms with Crippen LogP contribution in [0.1, 0.15) is 33.1 Å². The molecule has 0 heterocycles. The summed E-state index contributed by atoms with van der Waals surface area (Å²) in [5.41, 5.74) is 0.00894. The molecule has 1 fully saturated rings. The number of hydrogen-bond acceptors (Lipinski definition) is 2. The molecular weight excluding hydrogens is 328 g/mol. The largest absolute Gasteiger partial charge is 0.485 e. The van der Waals surface area contributed by atoms with Crippen LogP contribution in [-0.2, 0) is 0 Å². The molecule has 1 aliphatic rings. The molecule has 20 heavy (non-hydrogen) atoms. The zero-order valence-corrected chi connectivity index (χ0v) is 13.6. The van der Waals surface area contributed by atoms with Crippen LogP contribution in [0.25, 0.3) is 0 Å². The van der Waals surface area contributed by atoms with Gasteiger partial charge in [-0.3, -0.25) is 0 Å². The maximum Gasteiger partial charge on any atom is 0.169 e. The van der Waals surface area contributed by atoms with E-state index < -0.39 is 11.6 Å². The van der Waals surface area contributed by atoms with Crippen LogP contribution in [0.2, 0.25) is 0 Å². The van der Waals surface area contributed by atoms with E-state index in [0.29, 0.717) is 10.5 Å². The van der Waals surface area contributed by atoms with Gasteiger partial charge in [0.2, 0.25) is 0 Å². The fourth-order valence-electron chi connectivity index (χ4n) is 3.30. The fourth-order valence-corrected chi connectivity index (χ4v) is 3.80. The van der Waals surface area contributed by atoms with Gasteiger partial charge in [-0.15, -0.1) is 0 Å². The summed E-state index contributed by atoms with van der Waals surface area (Å²) in [4.78, 5) is 0. The van der Waals surface area contributed by atoms with Crippen molar-refractivity contribution in [3.63, 3.8) is 0 Å². The number of halogens is 3. The molecule has 0 aromatic heterocycles. The molecule has 1 aromatic carbocycles. The smallest absolute Gasteiger partial charge is 0.169 e. The monoisotopic (exact) mass is 347 g/mol. The van der Waals surface area contributed by atoms with Gasteiger partial charge in [0, 0.05) is 23.9 Å². The van der Waals surface area contributed by atoms with Gasteiger partial charge in [0.05, 0.1) is 4.47 Å². The highest BCUT2D eigenvalue weighted by molar-refractivity contribution is 9.10. The molecule has 0 radical (unpaired) electrons. The van der Waals surface area contributed by atoms with Crippen molar-refractivity contribution in [3.8, 4) is 5.75 Å². The summed E-state index contributed by atoms with van der Waals surface area (Å²) < 4.78 is 33.2. The molecule has 1 N–H and O–H groups in total. The quantitative estimate of drug-likeness (QED) is 0.858. The number of nitrogens with one attached hydrogen (secondary N) is 1. The number of benzene rings is 1. The number of ether oxygens (including phenoxy) is 1. The van der Waals surface area contributed by atoms with Crippen molar-refractivity contribution in [1.82, 2.24) is 5.32 Å². The van der Waals surface area contributed by atoms with E-state index in [1.165, 1.54) is 6.07 Å². The predicted octanol–water partition coefficient (Wildman–Crippen LogP) is 4.27. The zero-order chi connectivity index (χ0) is 14.9. The van der Waals surface area contributed by atoms with E-state index >= 15 is 0 Å². The molecule has 0 aliphatic heterocycles. The summed E-state index contributed by atoms with van der Waals surface area (Å²) in [6, 6.07) is 2.46. The van der Waals surface area contributed by atoms with Crippen molar-refractivity contribution in [3.05, 3.63) is 28.2 Å². The average molecular weight is 348 g/mol. The molecule has 1 aromatic rings. The highest BCUT2D eigenvalue weighted by Crippen LogP contribution is 2.49. The number of hydrogen-bond donors (Lipinski definition) is 1. The Bertz CT molecular complexity index is 468. The zero-order valence-electron chi connectivity index (χ0n) is 12.0. The van der Waals surface area contributed by atoms with Crippen molar-refractivity contribution < 1.29 is 13.5 Å². The molecule has 1 aliphatic carbocycles. The Morgan fingerprint density at radius 1 is 1.35 bits per heavy atom. The summed E-state index contributed by atoms with van der Waals surface area (Å²) in [6.45, 7) is 4.25. The van der Waals surface area contributed by atoms with Gasteiger partial charge in [-0.05, 0) is 41.9 Å². The lowest BCUT2D eigenvalue weighted by atomic mass is 9.58. The molecule has 2 nitrogen and oxygen atoms in total. The van der Waals surface area contributed by atoms with Crippen molar-refractivity contribution in [2.75, 3.05) is 7.05 Å². The first-order chi connectivity index (χ1) is 9.48. The minimum absolute atomic E-state index is 0.00894. The van der Waals surface area contributed by atoms with Crippen LogP contribution >= 0.6 is 15.9 Å². The Labute approximate surface area is 127 Å². The van der Waals surface area contributed by atoms with Crippen LogP contribution in [0, 0.1) is 17.0 Å². The van der Waals surface area contributed by atoms with Gasteiger partial charge in [0.15, 0.2) is 11.6 Å². The standard InChI is InChI=1S/C15H20BrF2NO/c1-4-15(5-2)12(19-3)8-13(15)20-14-10(16)6-9(17)7-11(14)18/h6-7,12-13,19H,4-5,8H2,1-3H3. The van der Waals surface area contributed by atoms with Crippen LogP contribution in [0.3, 0.4) is 0 Å². The minimum Gasteiger partial charge on any atom is -0.485 e. The first kappa shape index (κ1) is 15.7. The van der Waals surface area contributed by atoms with Crippen LogP contribution in [0.4, 0.5) is 8.78 Å². The van der Waals surface area contributed by atoms with Gasteiger partial charge in [-0.2, -0.15) is 0 Å². The van der Waals surface area contributed by atoms with E-state index in [-0.39, 0.29) is 17.3 Å². The summed E-state index contributed by atoms with van der Waals surface area (Å²) in [5.74, 6) is -1.16. The molecule has 5 heteroatoms. The Morgan fingerprint density at radius 2 is 2.00 bits per heavy atom. The van der Waals surface area contributed by atoms with E-state index in [1.807, 2.05) is 7.05 Å². The fraction of sp³-hybridized carbons (Fsp3) is 0.600. The highest BCUT2D eigenvalue weighted by Gasteiger charge is 2.53. The SMILES string of the molecule is CCC1(CC)C(NC)CC1Oc1c(F)cc(F)cc1Br. The van der Waals surface area contributed by atoms with Crippen molar-refractivity contribution in [2.45, 2.75) is 45.3 Å². The lowest BCUT2D eigenvalue weighted by molar-refractivity contribution is -0.0853. The Morgan fingerprint density at radius 3 is 2.50 bits per heavy atom. The van der Waals surface area contributed by atoms with E-state index in [1.54, 1.807) is 0 Å². The van der Waals surface area contributed by atoms with Gasteiger partial charge < -0.3 is 10.1 Å². The van der Waals surface area contributed by atoms with Crippen LogP contribution in [0.5, 0.6) is 5.75 Å². The van der Waals surface area contributed by atoms with Crippen LogP contribution in [-0.4, -0.2) is 19.2 Å². The van der Waals surface area contributed by atoms with E-state index in [9.17, 15) is 8.78 Å². The Kier molecular flexibility index (Phi) is 4.69. The predicted molar refractivity (Wildman–Crippen MR) is 79.0 cm³/mol. The molecule has 0 bridgehead atoms. The molecule has 112 valence electrons. The molecular formula is C15H20BrF2NO. The van der Waals surface area contributed by atoms with Gasteiger partial charge in [0.1, 0.15) is 11.9 Å². The van der Waals surface area contributed by atoms with Gasteiger partial charge in [-0.25, -0.2) is 8.78 Å². The van der Waals surface area contributed by atoms with Crippen LogP contribution in [0.15, 0.2) is 16.6 Å². The molecule has 2 unspecified atom stereocenters. The normalized spacial score (nSPS) is 24.3. The van der Waals surface area contributed by atoms with Gasteiger partial charge in [0.25, 0.3) is 0 Å². The van der Waals surface area contributed by atoms with E-state index in [4.69, 9.17) is 4.74 Å². The topological polar surface area (TPSA) is 21.3 Å². The van der Waals surface area contributed by atoms with Gasteiger partial charge in [-0.1, -0.05) is 13.8 Å². The van der Waals surface area contributed by atoms with E-state index in [2.05, 4.69) is 35.1 Å². The summed E-state index contributed by atoms with van der Waals surface area (Å²) >= 11 is 3.17. The van der Waals surface area contributed by atoms with Gasteiger partial charge >= 0.3 is 0 Å². The lowest BCUT2D eigenvalue weighted by Gasteiger charge is -2.55. The van der Waals surface area contributed by atoms with Crippen molar-refractivity contribution in [1.29, 1.82) is 0 Å². The Hall–Kier alpha value is -0.680. The first-order valence-corrected chi connectivity index (χ1v) is 7.76. The first-order valence-electron chi connectivity index (χ1n) is 6.97. The number of rotatable bonds is 5. The molecule has 2 atom stereocenters. The summed E-state index contributed by atoms with van der Waals surface area (Å²) in [6.07, 6.45) is 2.70. The third kappa shape index (κ3) is 2.46. The molecule has 1 saturated carbocycles. The van der Waals surface area contributed by atoms with Crippen molar-refractivity contribution >= 4 is 15.9 Å². The van der Waals surface area contributed by atoms with E-state index in [0.717, 1.165) is 25.3 Å². The van der Waals surface area contributed by atoms with Crippen LogP contribution < -0.4 is 10.1 Å². The molecule has 0 spiro atoms. The molecule has 0 amide bonds. The maximum atomic E-state index is 13.9. The third-order valence-electron chi connectivity index (χ3n) is 4.67. The summed E-state index contributed by atoms with van der Waals surface area (Å²) in [5, 5.41) is 3.30. The Balaban J connectivity index is 2.23. The second kappa shape index (κ2) is 5.98. The molecule has 0 saturated heterocycles. The van der Waals surface area contributed by atoms with Crippen molar-refractivity contribution in [2.24, 2.45) is 5.41 Å². The second-order valence-electron chi connectivity index (χ2n) is 5.32. The minimum atomic E-state index is -0.661.